The van der Waals surface area contributed by atoms with Gasteiger partial charge in [0.25, 0.3) is 0 Å². The molecule has 4 amide bonds. The highest BCUT2D eigenvalue weighted by molar-refractivity contribution is 5.95. The van der Waals surface area contributed by atoms with Gasteiger partial charge in [-0.2, -0.15) is 0 Å². The van der Waals surface area contributed by atoms with Crippen LogP contribution in [0.3, 0.4) is 0 Å². The highest BCUT2D eigenvalue weighted by atomic mass is 16.5. The van der Waals surface area contributed by atoms with Gasteiger partial charge in [0.1, 0.15) is 0 Å². The molecule has 1 aliphatic heterocycles. The summed E-state index contributed by atoms with van der Waals surface area (Å²) in [4.78, 5) is 39.5. The second kappa shape index (κ2) is 11.4. The van der Waals surface area contributed by atoms with E-state index in [9.17, 15) is 14.4 Å². The molecule has 1 atom stereocenters. The molecule has 34 heavy (non-hydrogen) atoms. The predicted molar refractivity (Wildman–Crippen MR) is 131 cm³/mol. The molecule has 8 nitrogen and oxygen atoms in total. The molecule has 0 radical (unpaired) electrons. The normalized spacial score (nSPS) is 15.7. The van der Waals surface area contributed by atoms with Crippen LogP contribution in [0.2, 0.25) is 0 Å². The zero-order chi connectivity index (χ0) is 24.7. The van der Waals surface area contributed by atoms with Gasteiger partial charge in [-0.3, -0.25) is 4.90 Å². The minimum Gasteiger partial charge on any atom is -0.459 e. The minimum absolute atomic E-state index is 0.257. The van der Waals surface area contributed by atoms with Gasteiger partial charge in [-0.25, -0.2) is 14.4 Å². The van der Waals surface area contributed by atoms with E-state index < -0.39 is 12.0 Å². The molecule has 8 heteroatoms. The lowest BCUT2D eigenvalue weighted by Gasteiger charge is -2.35. The topological polar surface area (TPSA) is 99.8 Å². The van der Waals surface area contributed by atoms with E-state index in [-0.39, 0.29) is 18.2 Å². The van der Waals surface area contributed by atoms with Crippen LogP contribution < -0.4 is 16.0 Å². The maximum Gasteiger partial charge on any atom is 0.338 e. The Balaban J connectivity index is 1.75. The van der Waals surface area contributed by atoms with Crippen LogP contribution in [0.1, 0.15) is 51.3 Å². The number of ether oxygens (including phenoxy) is 1. The molecule has 0 saturated carbocycles. The molecule has 1 unspecified atom stereocenters. The van der Waals surface area contributed by atoms with E-state index in [4.69, 9.17) is 4.74 Å². The van der Waals surface area contributed by atoms with Crippen molar-refractivity contribution in [1.29, 1.82) is 0 Å². The summed E-state index contributed by atoms with van der Waals surface area (Å²) < 4.78 is 5.47. The van der Waals surface area contributed by atoms with Crippen molar-refractivity contribution >= 4 is 23.7 Å². The smallest absolute Gasteiger partial charge is 0.338 e. The lowest BCUT2D eigenvalue weighted by atomic mass is 9.94. The van der Waals surface area contributed by atoms with Gasteiger partial charge in [0, 0.05) is 24.5 Å². The number of amides is 4. The number of nitrogens with one attached hydrogen (secondary N) is 3. The SMILES string of the molecule is CCCN1C(=O)NC(c2ccc(NC(=O)NCc3ccccc3)cc2)C(C(=O)OC(C)C)=C1C. The highest BCUT2D eigenvalue weighted by Crippen LogP contribution is 2.32. The largest absolute Gasteiger partial charge is 0.459 e. The number of carbonyl (C=O) groups excluding carboxylic acids is 3. The second-order valence-corrected chi connectivity index (χ2v) is 8.40. The van der Waals surface area contributed by atoms with Crippen molar-refractivity contribution < 1.29 is 19.1 Å². The number of carbonyl (C=O) groups is 3. The van der Waals surface area contributed by atoms with E-state index in [1.807, 2.05) is 37.3 Å². The van der Waals surface area contributed by atoms with Crippen molar-refractivity contribution in [2.24, 2.45) is 0 Å². The quantitative estimate of drug-likeness (QED) is 0.493. The van der Waals surface area contributed by atoms with Crippen LogP contribution in [0.5, 0.6) is 0 Å². The molecule has 0 aliphatic carbocycles. The molecule has 2 aromatic carbocycles. The summed E-state index contributed by atoms with van der Waals surface area (Å²) in [5.74, 6) is -0.457. The number of rotatable bonds is 8. The summed E-state index contributed by atoms with van der Waals surface area (Å²) in [5, 5.41) is 8.54. The summed E-state index contributed by atoms with van der Waals surface area (Å²) in [6.07, 6.45) is 0.473. The van der Waals surface area contributed by atoms with Crippen molar-refractivity contribution in [3.63, 3.8) is 0 Å². The molecule has 0 aromatic heterocycles. The fourth-order valence-electron chi connectivity index (χ4n) is 3.78. The molecule has 0 bridgehead atoms. The van der Waals surface area contributed by atoms with Gasteiger partial charge in [0.2, 0.25) is 0 Å². The summed E-state index contributed by atoms with van der Waals surface area (Å²) in [6.45, 7) is 8.24. The Hall–Kier alpha value is -3.81. The minimum atomic E-state index is -0.646. The lowest BCUT2D eigenvalue weighted by molar-refractivity contribution is -0.143. The average molecular weight is 465 g/mol. The molecule has 0 spiro atoms. The number of anilines is 1. The Bertz CT molecular complexity index is 1050. The average Bonchev–Trinajstić information content (AvgIpc) is 2.80. The molecule has 180 valence electrons. The Kier molecular flexibility index (Phi) is 8.29. The van der Waals surface area contributed by atoms with Crippen molar-refractivity contribution in [3.8, 4) is 0 Å². The molecule has 2 aromatic rings. The maximum atomic E-state index is 12.9. The van der Waals surface area contributed by atoms with Crippen molar-refractivity contribution in [2.75, 3.05) is 11.9 Å². The number of hydrogen-bond acceptors (Lipinski definition) is 4. The molecular formula is C26H32N4O4. The Morgan fingerprint density at radius 1 is 1.09 bits per heavy atom. The fraction of sp³-hybridized carbons (Fsp3) is 0.346. The number of benzene rings is 2. The second-order valence-electron chi connectivity index (χ2n) is 8.40. The van der Waals surface area contributed by atoms with Gasteiger partial charge in [0.15, 0.2) is 0 Å². The molecule has 1 heterocycles. The van der Waals surface area contributed by atoms with Gasteiger partial charge in [-0.05, 0) is 50.5 Å². The molecule has 0 fully saturated rings. The van der Waals surface area contributed by atoms with Gasteiger partial charge < -0.3 is 20.7 Å². The first-order valence-corrected chi connectivity index (χ1v) is 11.5. The van der Waals surface area contributed by atoms with Gasteiger partial charge in [0.05, 0.1) is 17.7 Å². The van der Waals surface area contributed by atoms with Crippen molar-refractivity contribution in [3.05, 3.63) is 77.0 Å². The monoisotopic (exact) mass is 464 g/mol. The Morgan fingerprint density at radius 2 is 1.76 bits per heavy atom. The van der Waals surface area contributed by atoms with Crippen LogP contribution in [0, 0.1) is 0 Å². The lowest BCUT2D eigenvalue weighted by Crippen LogP contribution is -2.48. The number of allylic oxidation sites excluding steroid dienone is 1. The van der Waals surface area contributed by atoms with Crippen molar-refractivity contribution in [1.82, 2.24) is 15.5 Å². The maximum absolute atomic E-state index is 12.9. The van der Waals surface area contributed by atoms with E-state index in [1.54, 1.807) is 49.9 Å². The van der Waals surface area contributed by atoms with Gasteiger partial charge in [-0.1, -0.05) is 49.4 Å². The van der Waals surface area contributed by atoms with E-state index in [0.717, 1.165) is 17.5 Å². The fourth-order valence-corrected chi connectivity index (χ4v) is 3.78. The van der Waals surface area contributed by atoms with Crippen LogP contribution in [-0.4, -0.2) is 35.6 Å². The van der Waals surface area contributed by atoms with E-state index in [1.165, 1.54) is 0 Å². The third kappa shape index (κ3) is 6.15. The molecular weight excluding hydrogens is 432 g/mol. The third-order valence-electron chi connectivity index (χ3n) is 5.40. The summed E-state index contributed by atoms with van der Waals surface area (Å²) in [6, 6.07) is 15.4. The number of hydrogen-bond donors (Lipinski definition) is 3. The number of nitrogens with zero attached hydrogens (tertiary/aromatic N) is 1. The first kappa shape index (κ1) is 24.8. The summed E-state index contributed by atoms with van der Waals surface area (Å²) in [7, 11) is 0. The first-order valence-electron chi connectivity index (χ1n) is 11.5. The van der Waals surface area contributed by atoms with Crippen LogP contribution in [-0.2, 0) is 16.1 Å². The van der Waals surface area contributed by atoms with Crippen LogP contribution >= 0.6 is 0 Å². The Labute approximate surface area is 200 Å². The third-order valence-corrected chi connectivity index (χ3v) is 5.40. The number of esters is 1. The van der Waals surface area contributed by atoms with Crippen molar-refractivity contribution in [2.45, 2.75) is 52.8 Å². The molecule has 3 N–H and O–H groups in total. The molecule has 3 rings (SSSR count). The zero-order valence-electron chi connectivity index (χ0n) is 20.1. The van der Waals surface area contributed by atoms with Gasteiger partial charge >= 0.3 is 18.0 Å². The predicted octanol–water partition coefficient (Wildman–Crippen LogP) is 4.71. The standard InChI is InChI=1S/C26H32N4O4/c1-5-15-30-18(4)22(24(31)34-17(2)3)23(29-26(30)33)20-11-13-21(14-12-20)28-25(32)27-16-19-9-7-6-8-10-19/h6-14,17,23H,5,15-16H2,1-4H3,(H,29,33)(H2,27,28,32). The zero-order valence-corrected chi connectivity index (χ0v) is 20.1. The molecule has 0 saturated heterocycles. The first-order chi connectivity index (χ1) is 16.3. The van der Waals surface area contributed by atoms with Crippen LogP contribution in [0.4, 0.5) is 15.3 Å². The Morgan fingerprint density at radius 3 is 2.38 bits per heavy atom. The van der Waals surface area contributed by atoms with Gasteiger partial charge in [-0.15, -0.1) is 0 Å². The van der Waals surface area contributed by atoms with E-state index >= 15 is 0 Å². The van der Waals surface area contributed by atoms with E-state index in [0.29, 0.717) is 30.0 Å². The highest BCUT2D eigenvalue weighted by Gasteiger charge is 2.36. The van der Waals surface area contributed by atoms with Crippen LogP contribution in [0.15, 0.2) is 65.9 Å². The van der Waals surface area contributed by atoms with E-state index in [2.05, 4.69) is 16.0 Å². The molecule has 1 aliphatic rings. The summed E-state index contributed by atoms with van der Waals surface area (Å²) in [5.41, 5.74) is 3.30. The number of urea groups is 2. The summed E-state index contributed by atoms with van der Waals surface area (Å²) >= 11 is 0. The van der Waals surface area contributed by atoms with Crippen LogP contribution in [0.25, 0.3) is 0 Å².